The van der Waals surface area contributed by atoms with Crippen LogP contribution >= 0.6 is 11.6 Å². The van der Waals surface area contributed by atoms with Crippen molar-refractivity contribution in [3.05, 3.63) is 41.1 Å². The Hall–Kier alpha value is -1.81. The fourth-order valence-electron chi connectivity index (χ4n) is 1.64. The summed E-state index contributed by atoms with van der Waals surface area (Å²) in [4.78, 5) is 26.5. The number of carbonyl (C=O) groups excluding carboxylic acids is 2. The second-order valence-electron chi connectivity index (χ2n) is 3.85. The summed E-state index contributed by atoms with van der Waals surface area (Å²) in [6.07, 6.45) is 1.31. The van der Waals surface area contributed by atoms with Gasteiger partial charge in [0, 0.05) is 20.2 Å². The van der Waals surface area contributed by atoms with Crippen LogP contribution < -0.4 is 4.90 Å². The van der Waals surface area contributed by atoms with E-state index in [9.17, 15) is 9.59 Å². The van der Waals surface area contributed by atoms with E-state index >= 15 is 0 Å². The zero-order chi connectivity index (χ0) is 12.6. The van der Waals surface area contributed by atoms with E-state index in [0.717, 1.165) is 4.90 Å². The first-order valence-electron chi connectivity index (χ1n) is 5.04. The van der Waals surface area contributed by atoms with Gasteiger partial charge in [0.1, 0.15) is 5.70 Å². The molecule has 4 nitrogen and oxygen atoms in total. The number of halogens is 1. The fraction of sp³-hybridized carbons (Fsp3) is 0.167. The number of anilines is 1. The third kappa shape index (κ3) is 1.91. The predicted octanol–water partition coefficient (Wildman–Crippen LogP) is 1.66. The lowest BCUT2D eigenvalue weighted by Crippen LogP contribution is -2.33. The van der Waals surface area contributed by atoms with Crippen LogP contribution in [0.25, 0.3) is 0 Å². The number of hydrogen-bond acceptors (Lipinski definition) is 3. The minimum Gasteiger partial charge on any atom is -0.373 e. The van der Waals surface area contributed by atoms with Crippen LogP contribution in [0.4, 0.5) is 5.69 Å². The minimum atomic E-state index is -0.369. The van der Waals surface area contributed by atoms with Crippen molar-refractivity contribution in [2.45, 2.75) is 0 Å². The van der Waals surface area contributed by atoms with Gasteiger partial charge in [-0.25, -0.2) is 4.90 Å². The van der Waals surface area contributed by atoms with Gasteiger partial charge >= 0.3 is 0 Å². The van der Waals surface area contributed by atoms with Gasteiger partial charge in [0.05, 0.1) is 10.7 Å². The molecule has 0 aromatic heterocycles. The molecule has 1 heterocycles. The Balaban J connectivity index is 2.42. The first kappa shape index (κ1) is 11.7. The molecule has 0 saturated heterocycles. The van der Waals surface area contributed by atoms with Gasteiger partial charge in [-0.15, -0.1) is 0 Å². The lowest BCUT2D eigenvalue weighted by molar-refractivity contribution is -0.120. The maximum absolute atomic E-state index is 12.0. The quantitative estimate of drug-likeness (QED) is 0.750. The summed E-state index contributed by atoms with van der Waals surface area (Å²) in [6, 6.07) is 6.77. The van der Waals surface area contributed by atoms with E-state index < -0.39 is 0 Å². The van der Waals surface area contributed by atoms with Gasteiger partial charge in [-0.2, -0.15) is 0 Å². The van der Waals surface area contributed by atoms with Crippen molar-refractivity contribution in [2.24, 2.45) is 0 Å². The zero-order valence-electron chi connectivity index (χ0n) is 9.48. The maximum Gasteiger partial charge on any atom is 0.281 e. The number of amides is 2. The topological polar surface area (TPSA) is 40.6 Å². The van der Waals surface area contributed by atoms with Crippen molar-refractivity contribution in [1.82, 2.24) is 4.90 Å². The second-order valence-corrected chi connectivity index (χ2v) is 4.26. The number of para-hydroxylation sites is 1. The zero-order valence-corrected chi connectivity index (χ0v) is 10.2. The summed E-state index contributed by atoms with van der Waals surface area (Å²) >= 11 is 5.98. The molecule has 0 aliphatic carbocycles. The maximum atomic E-state index is 12.0. The Morgan fingerprint density at radius 1 is 1.18 bits per heavy atom. The summed E-state index contributed by atoms with van der Waals surface area (Å²) in [5, 5.41) is 0.377. The van der Waals surface area contributed by atoms with Crippen molar-refractivity contribution in [2.75, 3.05) is 19.0 Å². The van der Waals surface area contributed by atoms with Crippen molar-refractivity contribution >= 4 is 29.1 Å². The number of rotatable bonds is 2. The Kier molecular flexibility index (Phi) is 2.90. The molecule has 2 rings (SSSR count). The molecule has 1 aliphatic heterocycles. The standard InChI is InChI=1S/C12H11ClN2O2/c1-14(2)10-7-11(16)15(12(10)17)9-6-4-3-5-8(9)13/h3-7H,1-2H3. The highest BCUT2D eigenvalue weighted by Crippen LogP contribution is 2.29. The highest BCUT2D eigenvalue weighted by molar-refractivity contribution is 6.38. The molecule has 1 aliphatic rings. The third-order valence-corrected chi connectivity index (χ3v) is 2.80. The molecule has 88 valence electrons. The summed E-state index contributed by atoms with van der Waals surface area (Å²) in [7, 11) is 3.43. The van der Waals surface area contributed by atoms with E-state index in [2.05, 4.69) is 0 Å². The molecular weight excluding hydrogens is 240 g/mol. The number of imide groups is 1. The number of benzene rings is 1. The molecule has 0 atom stereocenters. The smallest absolute Gasteiger partial charge is 0.281 e. The average Bonchev–Trinajstić information content (AvgIpc) is 2.56. The van der Waals surface area contributed by atoms with Crippen molar-refractivity contribution in [3.63, 3.8) is 0 Å². The second kappa shape index (κ2) is 4.22. The Labute approximate surface area is 104 Å². The molecule has 0 bridgehead atoms. The lowest BCUT2D eigenvalue weighted by atomic mass is 10.3. The molecule has 17 heavy (non-hydrogen) atoms. The first-order chi connectivity index (χ1) is 8.02. The van der Waals surface area contributed by atoms with Gasteiger partial charge in [0.15, 0.2) is 0 Å². The van der Waals surface area contributed by atoms with Crippen LogP contribution in [0.15, 0.2) is 36.0 Å². The number of likely N-dealkylation sites (N-methyl/N-ethyl adjacent to an activating group) is 1. The Morgan fingerprint density at radius 3 is 2.35 bits per heavy atom. The molecular formula is C12H11ClN2O2. The summed E-state index contributed by atoms with van der Waals surface area (Å²) < 4.78 is 0. The van der Waals surface area contributed by atoms with Gasteiger partial charge in [-0.1, -0.05) is 23.7 Å². The van der Waals surface area contributed by atoms with Crippen LogP contribution in [0, 0.1) is 0 Å². The molecule has 0 spiro atoms. The summed E-state index contributed by atoms with van der Waals surface area (Å²) in [6.45, 7) is 0. The largest absolute Gasteiger partial charge is 0.373 e. The normalized spacial score (nSPS) is 15.2. The third-order valence-electron chi connectivity index (χ3n) is 2.48. The fourth-order valence-corrected chi connectivity index (χ4v) is 1.86. The molecule has 0 saturated carbocycles. The lowest BCUT2D eigenvalue weighted by Gasteiger charge is -2.18. The van der Waals surface area contributed by atoms with E-state index in [-0.39, 0.29) is 11.8 Å². The van der Waals surface area contributed by atoms with E-state index in [0.29, 0.717) is 16.4 Å². The van der Waals surface area contributed by atoms with Crippen molar-refractivity contribution in [3.8, 4) is 0 Å². The van der Waals surface area contributed by atoms with E-state index in [1.807, 2.05) is 0 Å². The van der Waals surface area contributed by atoms with E-state index in [1.165, 1.54) is 6.08 Å². The first-order valence-corrected chi connectivity index (χ1v) is 5.42. The van der Waals surface area contributed by atoms with Gasteiger partial charge in [0.25, 0.3) is 11.8 Å². The molecule has 2 amide bonds. The Bertz CT molecular complexity index is 523. The molecule has 1 aromatic rings. The van der Waals surface area contributed by atoms with Crippen LogP contribution in [0.1, 0.15) is 0 Å². The van der Waals surface area contributed by atoms with Gasteiger partial charge in [0.2, 0.25) is 0 Å². The van der Waals surface area contributed by atoms with Gasteiger partial charge in [-0.05, 0) is 12.1 Å². The van der Waals surface area contributed by atoms with Crippen molar-refractivity contribution in [1.29, 1.82) is 0 Å². The SMILES string of the molecule is CN(C)C1=CC(=O)N(c2ccccc2Cl)C1=O. The number of hydrogen-bond donors (Lipinski definition) is 0. The predicted molar refractivity (Wildman–Crippen MR) is 65.7 cm³/mol. The number of nitrogens with zero attached hydrogens (tertiary/aromatic N) is 2. The Morgan fingerprint density at radius 2 is 1.82 bits per heavy atom. The average molecular weight is 251 g/mol. The monoisotopic (exact) mass is 250 g/mol. The van der Waals surface area contributed by atoms with Crippen molar-refractivity contribution < 1.29 is 9.59 Å². The number of carbonyl (C=O) groups is 2. The van der Waals surface area contributed by atoms with Crippen LogP contribution in [-0.4, -0.2) is 30.8 Å². The summed E-state index contributed by atoms with van der Waals surface area (Å²) in [5.41, 5.74) is 0.771. The minimum absolute atomic E-state index is 0.354. The molecule has 0 unspecified atom stereocenters. The molecule has 1 aromatic carbocycles. The molecule has 5 heteroatoms. The van der Waals surface area contributed by atoms with Crippen LogP contribution in [0.5, 0.6) is 0 Å². The van der Waals surface area contributed by atoms with Crippen LogP contribution in [0.3, 0.4) is 0 Å². The molecule has 0 N–H and O–H groups in total. The highest BCUT2D eigenvalue weighted by Gasteiger charge is 2.34. The van der Waals surface area contributed by atoms with Crippen LogP contribution in [-0.2, 0) is 9.59 Å². The van der Waals surface area contributed by atoms with E-state index in [4.69, 9.17) is 11.6 Å². The highest BCUT2D eigenvalue weighted by atomic mass is 35.5. The summed E-state index contributed by atoms with van der Waals surface area (Å²) in [5.74, 6) is -0.722. The van der Waals surface area contributed by atoms with Gasteiger partial charge in [-0.3, -0.25) is 9.59 Å². The van der Waals surface area contributed by atoms with E-state index in [1.54, 1.807) is 43.3 Å². The van der Waals surface area contributed by atoms with Gasteiger partial charge < -0.3 is 4.90 Å². The molecule has 0 fully saturated rings. The molecule has 0 radical (unpaired) electrons. The van der Waals surface area contributed by atoms with Crippen LogP contribution in [0.2, 0.25) is 5.02 Å².